The SMILES string of the molecule is NNc1ncc(C(=O)NCc2cn[nH]c2)cc1Cl. The van der Waals surface area contributed by atoms with Gasteiger partial charge < -0.3 is 10.7 Å². The second-order valence-electron chi connectivity index (χ2n) is 3.49. The normalized spacial score (nSPS) is 10.1. The maximum atomic E-state index is 11.8. The van der Waals surface area contributed by atoms with Gasteiger partial charge in [0.2, 0.25) is 0 Å². The van der Waals surface area contributed by atoms with E-state index >= 15 is 0 Å². The number of hydrogen-bond donors (Lipinski definition) is 4. The van der Waals surface area contributed by atoms with Crippen LogP contribution in [0.5, 0.6) is 0 Å². The van der Waals surface area contributed by atoms with Crippen molar-refractivity contribution >= 4 is 23.3 Å². The predicted octanol–water partition coefficient (Wildman–Crippen LogP) is 0.674. The van der Waals surface area contributed by atoms with E-state index in [9.17, 15) is 4.79 Å². The number of rotatable bonds is 4. The van der Waals surface area contributed by atoms with Crippen molar-refractivity contribution in [3.63, 3.8) is 0 Å². The van der Waals surface area contributed by atoms with Gasteiger partial charge in [-0.2, -0.15) is 5.10 Å². The minimum absolute atomic E-state index is 0.269. The Bertz CT molecular complexity index is 541. The topological polar surface area (TPSA) is 109 Å². The molecule has 0 bridgehead atoms. The van der Waals surface area contributed by atoms with Gasteiger partial charge in [-0.1, -0.05) is 11.6 Å². The van der Waals surface area contributed by atoms with Gasteiger partial charge in [-0.15, -0.1) is 0 Å². The van der Waals surface area contributed by atoms with E-state index in [-0.39, 0.29) is 10.9 Å². The molecule has 0 saturated carbocycles. The highest BCUT2D eigenvalue weighted by molar-refractivity contribution is 6.33. The predicted molar refractivity (Wildman–Crippen MR) is 66.8 cm³/mol. The summed E-state index contributed by atoms with van der Waals surface area (Å²) in [4.78, 5) is 15.7. The Labute approximate surface area is 108 Å². The largest absolute Gasteiger partial charge is 0.348 e. The molecule has 0 aromatic carbocycles. The van der Waals surface area contributed by atoms with Crippen LogP contribution >= 0.6 is 11.6 Å². The highest BCUT2D eigenvalue weighted by Crippen LogP contribution is 2.18. The van der Waals surface area contributed by atoms with Crippen molar-refractivity contribution in [3.8, 4) is 0 Å². The summed E-state index contributed by atoms with van der Waals surface area (Å²) < 4.78 is 0. The van der Waals surface area contributed by atoms with Crippen LogP contribution in [0, 0.1) is 0 Å². The third-order valence-electron chi connectivity index (χ3n) is 2.25. The van der Waals surface area contributed by atoms with E-state index in [1.54, 1.807) is 12.4 Å². The molecule has 0 unspecified atom stereocenters. The number of carbonyl (C=O) groups is 1. The first-order chi connectivity index (χ1) is 8.70. The number of pyridine rings is 1. The molecule has 8 heteroatoms. The zero-order chi connectivity index (χ0) is 13.0. The van der Waals surface area contributed by atoms with Crippen molar-refractivity contribution in [1.82, 2.24) is 20.5 Å². The van der Waals surface area contributed by atoms with Crippen LogP contribution in [0.4, 0.5) is 5.82 Å². The molecule has 0 aliphatic heterocycles. The van der Waals surface area contributed by atoms with E-state index in [0.717, 1.165) is 5.56 Å². The lowest BCUT2D eigenvalue weighted by molar-refractivity contribution is 0.0950. The molecule has 5 N–H and O–H groups in total. The van der Waals surface area contributed by atoms with E-state index in [1.807, 2.05) is 0 Å². The molecule has 0 fully saturated rings. The van der Waals surface area contributed by atoms with Crippen molar-refractivity contribution in [2.75, 3.05) is 5.43 Å². The summed E-state index contributed by atoms with van der Waals surface area (Å²) in [7, 11) is 0. The summed E-state index contributed by atoms with van der Waals surface area (Å²) in [6.07, 6.45) is 4.73. The summed E-state index contributed by atoms with van der Waals surface area (Å²) in [5.41, 5.74) is 3.57. The Kier molecular flexibility index (Phi) is 3.75. The number of aromatic nitrogens is 3. The highest BCUT2D eigenvalue weighted by atomic mass is 35.5. The fourth-order valence-electron chi connectivity index (χ4n) is 1.33. The number of hydrazine groups is 1. The Balaban J connectivity index is 2.02. The second kappa shape index (κ2) is 5.48. The van der Waals surface area contributed by atoms with Crippen LogP contribution in [0.25, 0.3) is 0 Å². The van der Waals surface area contributed by atoms with E-state index in [0.29, 0.717) is 17.9 Å². The molecule has 0 aliphatic carbocycles. The lowest BCUT2D eigenvalue weighted by atomic mass is 10.2. The van der Waals surface area contributed by atoms with Gasteiger partial charge in [0, 0.05) is 24.5 Å². The van der Waals surface area contributed by atoms with E-state index in [1.165, 1.54) is 12.3 Å². The molecule has 0 spiro atoms. The molecule has 1 amide bonds. The summed E-state index contributed by atoms with van der Waals surface area (Å²) in [5.74, 6) is 5.24. The Hall–Kier alpha value is -2.12. The number of hydrogen-bond acceptors (Lipinski definition) is 5. The molecule has 2 aromatic rings. The number of carbonyl (C=O) groups excluding carboxylic acids is 1. The van der Waals surface area contributed by atoms with Crippen LogP contribution in [0.15, 0.2) is 24.7 Å². The fraction of sp³-hybridized carbons (Fsp3) is 0.100. The number of nitrogens with one attached hydrogen (secondary N) is 3. The Morgan fingerprint density at radius 2 is 2.33 bits per heavy atom. The molecule has 18 heavy (non-hydrogen) atoms. The van der Waals surface area contributed by atoms with Crippen molar-refractivity contribution in [1.29, 1.82) is 0 Å². The van der Waals surface area contributed by atoms with Crippen molar-refractivity contribution in [3.05, 3.63) is 40.8 Å². The summed E-state index contributed by atoms with van der Waals surface area (Å²) in [6, 6.07) is 1.49. The number of halogens is 1. The molecule has 2 heterocycles. The van der Waals surface area contributed by atoms with E-state index < -0.39 is 0 Å². The van der Waals surface area contributed by atoms with Gasteiger partial charge in [-0.3, -0.25) is 9.89 Å². The minimum Gasteiger partial charge on any atom is -0.348 e. The molecule has 0 radical (unpaired) electrons. The first-order valence-electron chi connectivity index (χ1n) is 5.08. The van der Waals surface area contributed by atoms with Crippen molar-refractivity contribution < 1.29 is 4.79 Å². The summed E-state index contributed by atoms with van der Waals surface area (Å²) in [6.45, 7) is 0.379. The summed E-state index contributed by atoms with van der Waals surface area (Å²) in [5, 5.41) is 9.44. The smallest absolute Gasteiger partial charge is 0.253 e. The van der Waals surface area contributed by atoms with Crippen LogP contribution in [-0.4, -0.2) is 21.1 Å². The highest BCUT2D eigenvalue weighted by Gasteiger charge is 2.09. The molecule has 0 aliphatic rings. The minimum atomic E-state index is -0.269. The number of nitrogens with zero attached hydrogens (tertiary/aromatic N) is 2. The van der Waals surface area contributed by atoms with Gasteiger partial charge in [-0.05, 0) is 6.07 Å². The van der Waals surface area contributed by atoms with Gasteiger partial charge in [-0.25, -0.2) is 10.8 Å². The molecule has 94 valence electrons. The number of amides is 1. The maximum Gasteiger partial charge on any atom is 0.253 e. The number of H-pyrrole nitrogens is 1. The lowest BCUT2D eigenvalue weighted by Gasteiger charge is -2.06. The lowest BCUT2D eigenvalue weighted by Crippen LogP contribution is -2.23. The number of nitrogen functional groups attached to an aromatic ring is 1. The van der Waals surface area contributed by atoms with Crippen LogP contribution in [0.1, 0.15) is 15.9 Å². The van der Waals surface area contributed by atoms with E-state index in [4.69, 9.17) is 17.4 Å². The molecule has 2 rings (SSSR count). The molecular weight excluding hydrogens is 256 g/mol. The van der Waals surface area contributed by atoms with E-state index in [2.05, 4.69) is 25.9 Å². The summed E-state index contributed by atoms with van der Waals surface area (Å²) >= 11 is 5.87. The zero-order valence-electron chi connectivity index (χ0n) is 9.27. The number of anilines is 1. The van der Waals surface area contributed by atoms with Gasteiger partial charge in [0.25, 0.3) is 5.91 Å². The maximum absolute atomic E-state index is 11.8. The number of aromatic amines is 1. The van der Waals surface area contributed by atoms with Crippen LogP contribution in [0.2, 0.25) is 5.02 Å². The van der Waals surface area contributed by atoms with Crippen LogP contribution in [0.3, 0.4) is 0 Å². The molecule has 2 aromatic heterocycles. The molecular formula is C10H11ClN6O. The van der Waals surface area contributed by atoms with Crippen molar-refractivity contribution in [2.45, 2.75) is 6.54 Å². The first-order valence-corrected chi connectivity index (χ1v) is 5.46. The monoisotopic (exact) mass is 266 g/mol. The third kappa shape index (κ3) is 2.76. The van der Waals surface area contributed by atoms with Crippen molar-refractivity contribution in [2.24, 2.45) is 5.84 Å². The first kappa shape index (κ1) is 12.3. The Morgan fingerprint density at radius 1 is 1.50 bits per heavy atom. The molecule has 0 atom stereocenters. The second-order valence-corrected chi connectivity index (χ2v) is 3.90. The van der Waals surface area contributed by atoms with Crippen LogP contribution in [-0.2, 0) is 6.54 Å². The standard InChI is InChI=1S/C10H11ClN6O/c11-8-1-7(5-13-9(8)17-12)10(18)14-2-6-3-15-16-4-6/h1,3-5H,2,12H2,(H,13,17)(H,14,18)(H,15,16). The number of nitrogens with two attached hydrogens (primary N) is 1. The zero-order valence-corrected chi connectivity index (χ0v) is 10.0. The fourth-order valence-corrected chi connectivity index (χ4v) is 1.55. The van der Waals surface area contributed by atoms with Gasteiger partial charge >= 0.3 is 0 Å². The molecule has 7 nitrogen and oxygen atoms in total. The quantitative estimate of drug-likeness (QED) is 0.480. The average molecular weight is 267 g/mol. The third-order valence-corrected chi connectivity index (χ3v) is 2.54. The Morgan fingerprint density at radius 3 is 2.94 bits per heavy atom. The van der Waals surface area contributed by atoms with Gasteiger partial charge in [0.1, 0.15) is 0 Å². The van der Waals surface area contributed by atoms with Crippen LogP contribution < -0.4 is 16.6 Å². The average Bonchev–Trinajstić information content (AvgIpc) is 2.89. The van der Waals surface area contributed by atoms with Gasteiger partial charge in [0.05, 0.1) is 16.8 Å². The van der Waals surface area contributed by atoms with Gasteiger partial charge in [0.15, 0.2) is 5.82 Å². The molecule has 0 saturated heterocycles.